The second-order valence-electron chi connectivity index (χ2n) is 8.75. The van der Waals surface area contributed by atoms with Gasteiger partial charge in [-0.25, -0.2) is 26.6 Å². The van der Waals surface area contributed by atoms with Crippen LogP contribution in [-0.2, 0) is 9.84 Å². The zero-order valence-electron chi connectivity index (χ0n) is 17.6. The number of hydrogen-bond donors (Lipinski definition) is 2. The molecule has 3 aliphatic carbocycles. The maximum Gasteiger partial charge on any atom is 0.255 e. The second-order valence-corrected chi connectivity index (χ2v) is 11.4. The van der Waals surface area contributed by atoms with Crippen LogP contribution in [-0.4, -0.2) is 29.5 Å². The van der Waals surface area contributed by atoms with Crippen molar-refractivity contribution in [2.24, 2.45) is 11.8 Å². The van der Waals surface area contributed by atoms with Crippen molar-refractivity contribution < 1.29 is 26.4 Å². The highest BCUT2D eigenvalue weighted by Crippen LogP contribution is 2.57. The maximum atomic E-state index is 13.5. The van der Waals surface area contributed by atoms with Crippen molar-refractivity contribution in [2.75, 3.05) is 5.32 Å². The quantitative estimate of drug-likeness (QED) is 0.469. The van der Waals surface area contributed by atoms with Gasteiger partial charge in [0, 0.05) is 41.7 Å². The molecule has 11 heteroatoms. The molecule has 6 nitrogen and oxygen atoms in total. The van der Waals surface area contributed by atoms with Crippen molar-refractivity contribution in [1.29, 1.82) is 0 Å². The maximum absolute atomic E-state index is 13.5. The number of sulfone groups is 1. The number of amides is 1. The first-order valence-corrected chi connectivity index (χ1v) is 12.6. The Morgan fingerprint density at radius 2 is 1.74 bits per heavy atom. The SMILES string of the molecule is O=C(Nc1cc(F)c(F)c(F)c1)c1ccc(Cl)c(S(=O)(=O)C2CC3CC(C2)C3c2ncc[nH]2)c1. The molecule has 0 saturated heterocycles. The fraction of sp³-hybridized carbons (Fsp3) is 0.304. The molecule has 3 aromatic rings. The summed E-state index contributed by atoms with van der Waals surface area (Å²) in [5, 5.41) is 1.59. The second kappa shape index (κ2) is 8.42. The van der Waals surface area contributed by atoms with Crippen LogP contribution in [0, 0.1) is 29.3 Å². The van der Waals surface area contributed by atoms with Crippen LogP contribution in [0.4, 0.5) is 18.9 Å². The third kappa shape index (κ3) is 3.88. The monoisotopic (exact) mass is 509 g/mol. The van der Waals surface area contributed by atoms with Gasteiger partial charge in [-0.2, -0.15) is 0 Å². The van der Waals surface area contributed by atoms with E-state index in [-0.39, 0.29) is 38.9 Å². The van der Waals surface area contributed by atoms with E-state index in [4.69, 9.17) is 11.6 Å². The molecular weight excluding hydrogens is 491 g/mol. The van der Waals surface area contributed by atoms with Gasteiger partial charge < -0.3 is 10.3 Å². The summed E-state index contributed by atoms with van der Waals surface area (Å²) in [7, 11) is -3.85. The molecule has 178 valence electrons. The average molecular weight is 510 g/mol. The van der Waals surface area contributed by atoms with Gasteiger partial charge in [-0.05, 0) is 49.3 Å². The molecule has 0 spiro atoms. The van der Waals surface area contributed by atoms with Gasteiger partial charge in [-0.15, -0.1) is 0 Å². The Balaban J connectivity index is 1.37. The van der Waals surface area contributed by atoms with Crippen LogP contribution in [0.15, 0.2) is 47.6 Å². The van der Waals surface area contributed by atoms with Gasteiger partial charge in [0.05, 0.1) is 15.2 Å². The summed E-state index contributed by atoms with van der Waals surface area (Å²) in [5.74, 6) is -3.92. The highest BCUT2D eigenvalue weighted by atomic mass is 35.5. The molecule has 3 fully saturated rings. The lowest BCUT2D eigenvalue weighted by molar-refractivity contribution is 0.0696. The predicted molar refractivity (Wildman–Crippen MR) is 119 cm³/mol. The summed E-state index contributed by atoms with van der Waals surface area (Å²) in [6.45, 7) is 0. The molecule has 2 bridgehead atoms. The number of nitrogens with one attached hydrogen (secondary N) is 2. The van der Waals surface area contributed by atoms with Crippen molar-refractivity contribution in [3.63, 3.8) is 0 Å². The number of nitrogens with zero attached hydrogens (tertiary/aromatic N) is 1. The normalized spacial score (nSPS) is 23.9. The van der Waals surface area contributed by atoms with E-state index in [0.717, 1.165) is 18.3 Å². The van der Waals surface area contributed by atoms with Crippen LogP contribution >= 0.6 is 11.6 Å². The molecule has 1 amide bonds. The van der Waals surface area contributed by atoms with E-state index < -0.39 is 38.4 Å². The lowest BCUT2D eigenvalue weighted by atomic mass is 9.57. The summed E-state index contributed by atoms with van der Waals surface area (Å²) in [4.78, 5) is 19.9. The number of benzene rings is 2. The van der Waals surface area contributed by atoms with E-state index in [0.29, 0.717) is 25.0 Å². The van der Waals surface area contributed by atoms with Crippen molar-refractivity contribution in [1.82, 2.24) is 9.97 Å². The molecule has 3 saturated carbocycles. The molecule has 0 radical (unpaired) electrons. The molecule has 2 N–H and O–H groups in total. The van der Waals surface area contributed by atoms with Gasteiger partial charge in [0.2, 0.25) is 0 Å². The van der Waals surface area contributed by atoms with Gasteiger partial charge in [0.15, 0.2) is 27.3 Å². The number of aromatic nitrogens is 2. The zero-order valence-corrected chi connectivity index (χ0v) is 19.1. The summed E-state index contributed by atoms with van der Waals surface area (Å²) in [5.41, 5.74) is -0.375. The number of rotatable bonds is 5. The highest BCUT2D eigenvalue weighted by Gasteiger charge is 2.52. The van der Waals surface area contributed by atoms with Crippen molar-refractivity contribution >= 4 is 33.0 Å². The fourth-order valence-electron chi connectivity index (χ4n) is 5.16. The molecule has 34 heavy (non-hydrogen) atoms. The Bertz CT molecular complexity index is 1350. The number of fused-ring (bicyclic) bond motifs is 2. The van der Waals surface area contributed by atoms with Gasteiger partial charge >= 0.3 is 0 Å². The van der Waals surface area contributed by atoms with Crippen molar-refractivity contribution in [3.8, 4) is 0 Å². The predicted octanol–water partition coefficient (Wildman–Crippen LogP) is 5.09. The van der Waals surface area contributed by atoms with Crippen LogP contribution < -0.4 is 5.32 Å². The molecule has 0 aliphatic heterocycles. The van der Waals surface area contributed by atoms with Crippen molar-refractivity contribution in [3.05, 3.63) is 76.6 Å². The van der Waals surface area contributed by atoms with E-state index >= 15 is 0 Å². The lowest BCUT2D eigenvalue weighted by Crippen LogP contribution is -2.47. The summed E-state index contributed by atoms with van der Waals surface area (Å²) in [6.07, 6.45) is 5.31. The Kier molecular flexibility index (Phi) is 5.68. The highest BCUT2D eigenvalue weighted by molar-refractivity contribution is 7.92. The molecule has 1 heterocycles. The minimum absolute atomic E-state index is 0.0164. The standard InChI is InChI=1S/C23H19ClF3N3O3S/c24-16-2-1-11(23(31)30-14-9-17(25)21(27)18(26)10-14)8-19(16)34(32,33)15-6-12-5-13(7-15)20(12)22-28-3-4-29-22/h1-4,8-10,12-13,15,20H,5-7H2,(H,28,29)(H,30,31). The Morgan fingerprint density at radius 3 is 2.35 bits per heavy atom. The Hall–Kier alpha value is -2.85. The van der Waals surface area contributed by atoms with Gasteiger partial charge in [0.1, 0.15) is 5.82 Å². The molecule has 2 atom stereocenters. The van der Waals surface area contributed by atoms with E-state index in [2.05, 4.69) is 15.3 Å². The van der Waals surface area contributed by atoms with Crippen LogP contribution in [0.1, 0.15) is 41.4 Å². The van der Waals surface area contributed by atoms with Crippen LogP contribution in [0.2, 0.25) is 5.02 Å². The summed E-state index contributed by atoms with van der Waals surface area (Å²) in [6, 6.07) is 5.03. The minimum atomic E-state index is -3.85. The first kappa shape index (κ1) is 22.9. The van der Waals surface area contributed by atoms with Crippen LogP contribution in [0.25, 0.3) is 0 Å². The number of carbonyl (C=O) groups excluding carboxylic acids is 1. The van der Waals surface area contributed by atoms with Crippen molar-refractivity contribution in [2.45, 2.75) is 35.3 Å². The molecule has 6 rings (SSSR count). The number of aromatic amines is 1. The molecule has 1 aromatic heterocycles. The van der Waals surface area contributed by atoms with Gasteiger partial charge in [-0.3, -0.25) is 4.79 Å². The van der Waals surface area contributed by atoms with E-state index in [9.17, 15) is 26.4 Å². The van der Waals surface area contributed by atoms with E-state index in [1.54, 1.807) is 12.4 Å². The first-order chi connectivity index (χ1) is 16.1. The number of H-pyrrole nitrogens is 1. The van der Waals surface area contributed by atoms with E-state index in [1.165, 1.54) is 12.1 Å². The third-order valence-corrected chi connectivity index (χ3v) is 9.42. The number of imidazole rings is 1. The average Bonchev–Trinajstić information content (AvgIpc) is 3.31. The number of hydrogen-bond acceptors (Lipinski definition) is 4. The summed E-state index contributed by atoms with van der Waals surface area (Å²) < 4.78 is 67.0. The zero-order chi connectivity index (χ0) is 24.2. The number of halogens is 4. The first-order valence-electron chi connectivity index (χ1n) is 10.6. The number of anilines is 1. The third-order valence-electron chi connectivity index (χ3n) is 6.77. The Labute approximate surface area is 198 Å². The van der Waals surface area contributed by atoms with Gasteiger partial charge in [0.25, 0.3) is 5.91 Å². The molecule has 2 aromatic carbocycles. The van der Waals surface area contributed by atoms with E-state index in [1.807, 2.05) is 0 Å². The van der Waals surface area contributed by atoms with Crippen LogP contribution in [0.5, 0.6) is 0 Å². The molecule has 3 aliphatic rings. The Morgan fingerprint density at radius 1 is 1.06 bits per heavy atom. The topological polar surface area (TPSA) is 91.9 Å². The van der Waals surface area contributed by atoms with Gasteiger partial charge in [-0.1, -0.05) is 11.6 Å². The fourth-order valence-corrected chi connectivity index (χ4v) is 7.59. The largest absolute Gasteiger partial charge is 0.348 e. The number of carbonyl (C=O) groups is 1. The molecular formula is C23H19ClF3N3O3S. The minimum Gasteiger partial charge on any atom is -0.348 e. The van der Waals surface area contributed by atoms with Crippen LogP contribution in [0.3, 0.4) is 0 Å². The smallest absolute Gasteiger partial charge is 0.255 e. The lowest BCUT2D eigenvalue weighted by Gasteiger charge is -2.51. The summed E-state index contributed by atoms with van der Waals surface area (Å²) >= 11 is 6.21. The molecule has 2 unspecified atom stereocenters.